The molecular weight excluding hydrogens is 200 g/mol. The SMILES string of the molecule is C1CNC1.c1cs[pH]s[pH]1. The average molecular weight is 211 g/mol. The highest BCUT2D eigenvalue weighted by Gasteiger charge is 1.92. The molecule has 0 bridgehead atoms. The van der Waals surface area contributed by atoms with Crippen LogP contribution >= 0.6 is 35.4 Å². The Morgan fingerprint density at radius 1 is 1.40 bits per heavy atom. The fourth-order valence-electron chi connectivity index (χ4n) is 0.348. The first-order valence-corrected chi connectivity index (χ1v) is 9.12. The monoisotopic (exact) mass is 211 g/mol. The Morgan fingerprint density at radius 3 is 2.20 bits per heavy atom. The van der Waals surface area contributed by atoms with E-state index >= 15 is 0 Å². The standard InChI is InChI=1S/C3H7N.C2H4P2S2/c1-2-4-3-1;1-2-5-4-6-3-1/h4H,1-3H2;1-4H. The summed E-state index contributed by atoms with van der Waals surface area (Å²) in [5, 5.41) is 5.30. The van der Waals surface area contributed by atoms with Gasteiger partial charge in [0.05, 0.1) is 0 Å². The molecule has 1 fully saturated rings. The smallest absolute Gasteiger partial charge is 0.000355 e. The van der Waals surface area contributed by atoms with Crippen molar-refractivity contribution in [3.63, 3.8) is 0 Å². The molecule has 1 aliphatic rings. The average Bonchev–Trinajstić information content (AvgIpc) is 1.88. The minimum absolute atomic E-state index is 1.03. The van der Waals surface area contributed by atoms with Crippen molar-refractivity contribution in [1.82, 2.24) is 5.32 Å². The van der Waals surface area contributed by atoms with Crippen LogP contribution in [-0.2, 0) is 0 Å². The Hall–Kier alpha value is 0.740. The van der Waals surface area contributed by atoms with Gasteiger partial charge in [0, 0.05) is 0 Å². The lowest BCUT2D eigenvalue weighted by atomic mass is 10.3. The van der Waals surface area contributed by atoms with Crippen LogP contribution < -0.4 is 5.32 Å². The van der Waals surface area contributed by atoms with Crippen molar-refractivity contribution in [2.24, 2.45) is 0 Å². The van der Waals surface area contributed by atoms with E-state index in [0.29, 0.717) is 0 Å². The first kappa shape index (κ1) is 8.83. The summed E-state index contributed by atoms with van der Waals surface area (Å²) in [7, 11) is 4.97. The van der Waals surface area contributed by atoms with E-state index in [1.165, 1.54) is 19.5 Å². The van der Waals surface area contributed by atoms with Crippen LogP contribution in [0.2, 0.25) is 0 Å². The second-order valence-corrected chi connectivity index (χ2v) is 9.14. The topological polar surface area (TPSA) is 12.0 Å². The predicted octanol–water partition coefficient (Wildman–Crippen LogP) is 2.98. The molecule has 2 heterocycles. The molecule has 10 heavy (non-hydrogen) atoms. The van der Waals surface area contributed by atoms with Crippen LogP contribution in [0, 0.1) is 0 Å². The zero-order valence-corrected chi connectivity index (χ0v) is 9.23. The highest BCUT2D eigenvalue weighted by atomic mass is 33.0. The lowest BCUT2D eigenvalue weighted by Gasteiger charge is -2.09. The van der Waals surface area contributed by atoms with E-state index in [0.717, 1.165) is 13.9 Å². The molecule has 0 radical (unpaired) electrons. The third kappa shape index (κ3) is 4.54. The lowest BCUT2D eigenvalue weighted by Crippen LogP contribution is -2.29. The Balaban J connectivity index is 0.000000108. The maximum atomic E-state index is 3.11. The molecule has 0 saturated carbocycles. The fourth-order valence-corrected chi connectivity index (χ4v) is 7.41. The normalized spacial score (nSPS) is 16.0. The van der Waals surface area contributed by atoms with Gasteiger partial charge in [-0.2, -0.15) is 0 Å². The molecule has 1 N–H and O–H groups in total. The molecule has 1 aromatic rings. The Bertz CT molecular complexity index is 126. The summed E-state index contributed by atoms with van der Waals surface area (Å²) in [4.78, 5) is 0. The molecule has 0 aromatic carbocycles. The summed E-state index contributed by atoms with van der Waals surface area (Å²) in [6.07, 6.45) is 1.39. The van der Waals surface area contributed by atoms with Crippen molar-refractivity contribution in [2.75, 3.05) is 13.1 Å². The number of hydrogen-bond donors (Lipinski definition) is 1. The van der Waals surface area contributed by atoms with Gasteiger partial charge < -0.3 is 5.32 Å². The first-order chi connectivity index (χ1) is 5.00. The molecule has 0 aliphatic carbocycles. The molecule has 1 aromatic heterocycles. The van der Waals surface area contributed by atoms with E-state index in [2.05, 4.69) is 16.5 Å². The van der Waals surface area contributed by atoms with Gasteiger partial charge >= 0.3 is 0 Å². The molecular formula is C5H11NP2S2. The van der Waals surface area contributed by atoms with Gasteiger partial charge in [0.25, 0.3) is 0 Å². The van der Waals surface area contributed by atoms with Crippen LogP contribution in [0.1, 0.15) is 6.42 Å². The lowest BCUT2D eigenvalue weighted by molar-refractivity contribution is 0.527. The van der Waals surface area contributed by atoms with Gasteiger partial charge in [-0.25, -0.2) is 0 Å². The number of hydrogen-bond acceptors (Lipinski definition) is 3. The summed E-state index contributed by atoms with van der Waals surface area (Å²) in [6, 6.07) is 0. The van der Waals surface area contributed by atoms with Crippen LogP contribution in [0.25, 0.3) is 0 Å². The van der Waals surface area contributed by atoms with Crippen molar-refractivity contribution in [2.45, 2.75) is 6.42 Å². The van der Waals surface area contributed by atoms with Crippen molar-refractivity contribution >= 4 is 35.4 Å². The van der Waals surface area contributed by atoms with Crippen LogP contribution in [0.5, 0.6) is 0 Å². The quantitative estimate of drug-likeness (QED) is 0.695. The van der Waals surface area contributed by atoms with Gasteiger partial charge in [-0.1, -0.05) is 7.37 Å². The van der Waals surface area contributed by atoms with Crippen LogP contribution in [-0.4, -0.2) is 13.1 Å². The highest BCUT2D eigenvalue weighted by Crippen LogP contribution is 2.25. The third-order valence-corrected chi connectivity index (χ3v) is 8.81. The predicted molar refractivity (Wildman–Crippen MR) is 56.3 cm³/mol. The van der Waals surface area contributed by atoms with E-state index in [-0.39, 0.29) is 0 Å². The second-order valence-electron chi connectivity index (χ2n) is 1.83. The van der Waals surface area contributed by atoms with Gasteiger partial charge in [0.15, 0.2) is 0 Å². The van der Waals surface area contributed by atoms with Crippen LogP contribution in [0.4, 0.5) is 0 Å². The number of rotatable bonds is 0. The molecule has 0 amide bonds. The maximum absolute atomic E-state index is 3.11. The van der Waals surface area contributed by atoms with Crippen molar-refractivity contribution < 1.29 is 0 Å². The van der Waals surface area contributed by atoms with E-state index in [1.54, 1.807) is 0 Å². The van der Waals surface area contributed by atoms with E-state index in [4.69, 9.17) is 0 Å². The third-order valence-electron chi connectivity index (χ3n) is 1.06. The van der Waals surface area contributed by atoms with E-state index < -0.39 is 0 Å². The summed E-state index contributed by atoms with van der Waals surface area (Å²) in [6.45, 7) is 3.56. The van der Waals surface area contributed by atoms with Gasteiger partial charge in [-0.15, -0.1) is 21.5 Å². The minimum Gasteiger partial charge on any atom is -0.317 e. The zero-order valence-electron chi connectivity index (χ0n) is 5.59. The second kappa shape index (κ2) is 6.45. The van der Waals surface area contributed by atoms with E-state index in [9.17, 15) is 0 Å². The number of nitrogens with one attached hydrogen (secondary N) is 1. The Morgan fingerprint density at radius 2 is 2.10 bits per heavy atom. The van der Waals surface area contributed by atoms with Gasteiger partial charge in [0.1, 0.15) is 0 Å². The van der Waals surface area contributed by atoms with Crippen LogP contribution in [0.15, 0.2) is 11.2 Å². The largest absolute Gasteiger partial charge is 0.317 e. The van der Waals surface area contributed by atoms with Crippen molar-refractivity contribution in [1.29, 1.82) is 0 Å². The minimum atomic E-state index is 1.03. The highest BCUT2D eigenvalue weighted by molar-refractivity contribution is 8.18. The van der Waals surface area contributed by atoms with Gasteiger partial charge in [-0.3, -0.25) is 0 Å². The van der Waals surface area contributed by atoms with Crippen molar-refractivity contribution in [3.05, 3.63) is 11.2 Å². The summed E-state index contributed by atoms with van der Waals surface area (Å²) in [5.41, 5.74) is 0. The summed E-state index contributed by atoms with van der Waals surface area (Å²) >= 11 is 0. The zero-order chi connectivity index (χ0) is 7.07. The molecule has 1 nitrogen and oxygen atoms in total. The Labute approximate surface area is 71.6 Å². The van der Waals surface area contributed by atoms with E-state index in [1.807, 2.05) is 21.5 Å². The molecule has 0 spiro atoms. The van der Waals surface area contributed by atoms with Gasteiger partial charge in [-0.05, 0) is 37.2 Å². The molecule has 2 atom stereocenters. The summed E-state index contributed by atoms with van der Waals surface area (Å²) < 4.78 is 0. The molecule has 1 aliphatic heterocycles. The molecule has 58 valence electrons. The molecule has 2 unspecified atom stereocenters. The Kier molecular flexibility index (Phi) is 5.70. The molecule has 5 heteroatoms. The summed E-state index contributed by atoms with van der Waals surface area (Å²) in [5.74, 6) is 2.23. The van der Waals surface area contributed by atoms with Crippen molar-refractivity contribution in [3.8, 4) is 0 Å². The first-order valence-electron chi connectivity index (χ1n) is 3.18. The van der Waals surface area contributed by atoms with Crippen LogP contribution in [0.3, 0.4) is 0 Å². The van der Waals surface area contributed by atoms with Gasteiger partial charge in [0.2, 0.25) is 0 Å². The fraction of sp³-hybridized carbons (Fsp3) is 0.600. The molecule has 2 rings (SSSR count). The molecule has 1 saturated heterocycles. The maximum Gasteiger partial charge on any atom is -0.000355 e.